The summed E-state index contributed by atoms with van der Waals surface area (Å²) in [5.74, 6) is 0.636. The van der Waals surface area contributed by atoms with Crippen LogP contribution in [-0.4, -0.2) is 99.9 Å². The molecule has 0 aromatic rings. The van der Waals surface area contributed by atoms with Crippen LogP contribution in [0.2, 0.25) is 0 Å². The van der Waals surface area contributed by atoms with Gasteiger partial charge in [0.15, 0.2) is 0 Å². The fourth-order valence-corrected chi connectivity index (χ4v) is 3.76. The van der Waals surface area contributed by atoms with E-state index >= 15 is 0 Å². The maximum absolute atomic E-state index is 12.4. The van der Waals surface area contributed by atoms with Crippen LogP contribution in [0, 0.1) is 0 Å². The van der Waals surface area contributed by atoms with Crippen LogP contribution in [0.15, 0.2) is 11.5 Å². The van der Waals surface area contributed by atoms with Crippen LogP contribution in [0.3, 0.4) is 0 Å². The molecule has 3 heterocycles. The number of phosphoric ester groups is 1. The first-order valence-electron chi connectivity index (χ1n) is 7.80. The number of carbonyl (C=O) groups excluding carboxylic acids is 1. The zero-order valence-corrected chi connectivity index (χ0v) is 15.2. The lowest BCUT2D eigenvalue weighted by Gasteiger charge is -2.37. The van der Waals surface area contributed by atoms with Crippen LogP contribution in [0.4, 0.5) is 0 Å². The number of aliphatic hydroxyl groups excluding tert-OH is 1. The van der Waals surface area contributed by atoms with Gasteiger partial charge in [0.1, 0.15) is 23.8 Å². The van der Waals surface area contributed by atoms with Crippen LogP contribution in [0.1, 0.15) is 6.42 Å². The first-order chi connectivity index (χ1) is 11.6. The summed E-state index contributed by atoms with van der Waals surface area (Å²) in [5.41, 5.74) is 0.559. The Morgan fingerprint density at radius 3 is 2.52 bits per heavy atom. The minimum Gasteiger partial charge on any atom is -0.390 e. The number of hydrogen-bond acceptors (Lipinski definition) is 8. The SMILES string of the molecule is CN1CN(C)C2=C(C1=O)N(C)CN2[C@H]1C[C@H](O)[C@@H](COP(=O)(O)O)O1. The lowest BCUT2D eigenvalue weighted by Crippen LogP contribution is -2.47. The molecular formula is C13H23N4O7P. The average molecular weight is 378 g/mol. The van der Waals surface area contributed by atoms with Gasteiger partial charge in [-0.3, -0.25) is 9.32 Å². The van der Waals surface area contributed by atoms with Crippen molar-refractivity contribution in [1.82, 2.24) is 19.6 Å². The van der Waals surface area contributed by atoms with Crippen molar-refractivity contribution in [3.8, 4) is 0 Å². The zero-order valence-electron chi connectivity index (χ0n) is 14.3. The van der Waals surface area contributed by atoms with E-state index in [1.165, 1.54) is 0 Å². The highest BCUT2D eigenvalue weighted by molar-refractivity contribution is 7.46. The molecule has 25 heavy (non-hydrogen) atoms. The summed E-state index contributed by atoms with van der Waals surface area (Å²) in [4.78, 5) is 37.3. The summed E-state index contributed by atoms with van der Waals surface area (Å²) in [5, 5.41) is 10.1. The first-order valence-corrected chi connectivity index (χ1v) is 9.34. The minimum absolute atomic E-state index is 0.0852. The molecule has 1 amide bonds. The predicted octanol–water partition coefficient (Wildman–Crippen LogP) is -1.69. The van der Waals surface area contributed by atoms with Gasteiger partial charge in [0, 0.05) is 27.6 Å². The van der Waals surface area contributed by atoms with Crippen molar-refractivity contribution < 1.29 is 33.5 Å². The van der Waals surface area contributed by atoms with E-state index in [0.717, 1.165) is 5.82 Å². The van der Waals surface area contributed by atoms with E-state index in [0.29, 0.717) is 19.0 Å². The molecule has 0 spiro atoms. The highest BCUT2D eigenvalue weighted by atomic mass is 31.2. The Labute approximate surface area is 145 Å². The maximum Gasteiger partial charge on any atom is 0.469 e. The lowest BCUT2D eigenvalue weighted by molar-refractivity contribution is -0.130. The number of likely N-dealkylation sites (N-methyl/N-ethyl adjacent to an activating group) is 2. The second-order valence-electron chi connectivity index (χ2n) is 6.54. The van der Waals surface area contributed by atoms with Gasteiger partial charge in [-0.05, 0) is 0 Å². The number of amides is 1. The van der Waals surface area contributed by atoms with Crippen molar-refractivity contribution in [1.29, 1.82) is 0 Å². The smallest absolute Gasteiger partial charge is 0.390 e. The summed E-state index contributed by atoms with van der Waals surface area (Å²) < 4.78 is 21.0. The number of nitrogens with zero attached hydrogens (tertiary/aromatic N) is 4. The van der Waals surface area contributed by atoms with Gasteiger partial charge in [0.05, 0.1) is 26.0 Å². The van der Waals surface area contributed by atoms with Crippen LogP contribution in [0.25, 0.3) is 0 Å². The Balaban J connectivity index is 1.76. The van der Waals surface area contributed by atoms with Crippen molar-refractivity contribution in [3.05, 3.63) is 11.5 Å². The van der Waals surface area contributed by atoms with Crippen molar-refractivity contribution >= 4 is 13.7 Å². The molecule has 11 nitrogen and oxygen atoms in total. The summed E-state index contributed by atoms with van der Waals surface area (Å²) in [7, 11) is 0.769. The Morgan fingerprint density at radius 2 is 1.88 bits per heavy atom. The first kappa shape index (κ1) is 18.4. The molecule has 3 atom stereocenters. The Kier molecular flexibility index (Phi) is 4.73. The van der Waals surface area contributed by atoms with Crippen molar-refractivity contribution in [2.45, 2.75) is 24.9 Å². The third kappa shape index (κ3) is 3.48. The quantitative estimate of drug-likeness (QED) is 0.488. The van der Waals surface area contributed by atoms with E-state index in [1.807, 2.05) is 21.7 Å². The average Bonchev–Trinajstić information content (AvgIpc) is 3.03. The molecule has 0 bridgehead atoms. The molecule has 0 aromatic carbocycles. The van der Waals surface area contributed by atoms with Gasteiger partial charge < -0.3 is 39.2 Å². The normalized spacial score (nSPS) is 30.6. The van der Waals surface area contributed by atoms with Crippen LogP contribution >= 0.6 is 7.82 Å². The molecule has 0 radical (unpaired) electrons. The number of hydrogen-bond donors (Lipinski definition) is 3. The van der Waals surface area contributed by atoms with Crippen molar-refractivity contribution in [3.63, 3.8) is 0 Å². The van der Waals surface area contributed by atoms with Crippen LogP contribution in [-0.2, 0) is 18.6 Å². The zero-order chi connectivity index (χ0) is 18.5. The molecule has 12 heteroatoms. The highest BCUT2D eigenvalue weighted by Crippen LogP contribution is 2.39. The Hall–Kier alpha value is -1.36. The molecule has 1 fully saturated rings. The van der Waals surface area contributed by atoms with Gasteiger partial charge in [-0.1, -0.05) is 0 Å². The molecule has 0 saturated carbocycles. The molecule has 0 aliphatic carbocycles. The van der Waals surface area contributed by atoms with Gasteiger partial charge in [0.2, 0.25) is 0 Å². The van der Waals surface area contributed by atoms with E-state index in [-0.39, 0.29) is 12.3 Å². The Morgan fingerprint density at radius 1 is 1.20 bits per heavy atom. The van der Waals surface area contributed by atoms with E-state index < -0.39 is 32.9 Å². The summed E-state index contributed by atoms with van der Waals surface area (Å²) in [6.45, 7) is 0.440. The van der Waals surface area contributed by atoms with E-state index in [4.69, 9.17) is 14.5 Å². The summed E-state index contributed by atoms with van der Waals surface area (Å²) in [6, 6.07) is 0. The van der Waals surface area contributed by atoms with Gasteiger partial charge in [-0.2, -0.15) is 0 Å². The predicted molar refractivity (Wildman–Crippen MR) is 84.2 cm³/mol. The molecule has 0 aromatic heterocycles. The van der Waals surface area contributed by atoms with Crippen LogP contribution < -0.4 is 0 Å². The largest absolute Gasteiger partial charge is 0.469 e. The number of aliphatic hydroxyl groups is 1. The number of carbonyl (C=O) groups is 1. The van der Waals surface area contributed by atoms with E-state index in [2.05, 4.69) is 4.52 Å². The molecular weight excluding hydrogens is 355 g/mol. The van der Waals surface area contributed by atoms with Gasteiger partial charge in [0.25, 0.3) is 5.91 Å². The van der Waals surface area contributed by atoms with Gasteiger partial charge in [-0.15, -0.1) is 0 Å². The van der Waals surface area contributed by atoms with Gasteiger partial charge in [-0.25, -0.2) is 4.57 Å². The molecule has 3 aliphatic heterocycles. The molecule has 3 aliphatic rings. The third-order valence-electron chi connectivity index (χ3n) is 4.52. The standard InChI is InChI=1S/C13H23N4O7P/c1-14-7-17(12-11(14)13(19)16(3)6-15(12)2)10-4-8(18)9(24-10)5-23-25(20,21)22/h8-10,18H,4-7H2,1-3H3,(H2,20,21,22)/t8-,9+,10+/m0/s1. The number of phosphoric acid groups is 1. The lowest BCUT2D eigenvalue weighted by atomic mass is 10.2. The second kappa shape index (κ2) is 6.42. The molecule has 142 valence electrons. The summed E-state index contributed by atoms with van der Waals surface area (Å²) >= 11 is 0. The van der Waals surface area contributed by atoms with Crippen LogP contribution in [0.5, 0.6) is 0 Å². The molecule has 3 N–H and O–H groups in total. The third-order valence-corrected chi connectivity index (χ3v) is 5.01. The Bertz CT molecular complexity index is 638. The minimum atomic E-state index is -4.63. The number of rotatable bonds is 4. The maximum atomic E-state index is 12.4. The monoisotopic (exact) mass is 378 g/mol. The highest BCUT2D eigenvalue weighted by Gasteiger charge is 2.46. The molecule has 3 rings (SSSR count). The van der Waals surface area contributed by atoms with Crippen molar-refractivity contribution in [2.75, 3.05) is 41.1 Å². The van der Waals surface area contributed by atoms with Crippen molar-refractivity contribution in [2.24, 2.45) is 0 Å². The second-order valence-corrected chi connectivity index (χ2v) is 7.78. The molecule has 1 saturated heterocycles. The summed E-state index contributed by atoms with van der Waals surface area (Å²) in [6.07, 6.45) is -2.04. The van der Waals surface area contributed by atoms with E-state index in [9.17, 15) is 14.5 Å². The van der Waals surface area contributed by atoms with E-state index in [1.54, 1.807) is 19.0 Å². The number of ether oxygens (including phenoxy) is 1. The fraction of sp³-hybridized carbons (Fsp3) is 0.769. The fourth-order valence-electron chi connectivity index (χ4n) is 3.42. The van der Waals surface area contributed by atoms with Gasteiger partial charge >= 0.3 is 7.82 Å². The molecule has 0 unspecified atom stereocenters. The topological polar surface area (TPSA) is 126 Å².